The molecule has 2 fully saturated rings. The fourth-order valence-electron chi connectivity index (χ4n) is 3.95. The highest BCUT2D eigenvalue weighted by Gasteiger charge is 2.36. The Balaban J connectivity index is 1.41. The van der Waals surface area contributed by atoms with Gasteiger partial charge in [-0.3, -0.25) is 14.4 Å². The summed E-state index contributed by atoms with van der Waals surface area (Å²) in [5.74, 6) is -1.23. The quantitative estimate of drug-likeness (QED) is 0.697. The summed E-state index contributed by atoms with van der Waals surface area (Å²) in [6.45, 7) is 0.984. The molecular formula is C24H25ClFN3O3. The highest BCUT2D eigenvalue weighted by molar-refractivity contribution is 6.30. The van der Waals surface area contributed by atoms with E-state index in [9.17, 15) is 18.8 Å². The lowest BCUT2D eigenvalue weighted by atomic mass is 9.88. The Labute approximate surface area is 191 Å². The number of hydrogen-bond donors (Lipinski definition) is 2. The number of piperidine rings is 1. The van der Waals surface area contributed by atoms with Gasteiger partial charge in [-0.25, -0.2) is 4.39 Å². The molecule has 6 nitrogen and oxygen atoms in total. The van der Waals surface area contributed by atoms with Crippen molar-refractivity contribution in [3.05, 3.63) is 70.5 Å². The van der Waals surface area contributed by atoms with Gasteiger partial charge in [0, 0.05) is 35.3 Å². The van der Waals surface area contributed by atoms with E-state index in [-0.39, 0.29) is 23.8 Å². The van der Waals surface area contributed by atoms with Crippen LogP contribution in [0.3, 0.4) is 0 Å². The van der Waals surface area contributed by atoms with Crippen LogP contribution in [0.25, 0.3) is 0 Å². The summed E-state index contributed by atoms with van der Waals surface area (Å²) in [5.41, 5.74) is 0.867. The first kappa shape index (κ1) is 22.3. The molecule has 0 aromatic heterocycles. The van der Waals surface area contributed by atoms with Gasteiger partial charge in [-0.1, -0.05) is 11.6 Å². The zero-order valence-electron chi connectivity index (χ0n) is 17.5. The van der Waals surface area contributed by atoms with E-state index in [0.717, 1.165) is 12.8 Å². The molecule has 8 heteroatoms. The average Bonchev–Trinajstić information content (AvgIpc) is 3.62. The van der Waals surface area contributed by atoms with Crippen molar-refractivity contribution in [2.24, 2.45) is 5.92 Å². The summed E-state index contributed by atoms with van der Waals surface area (Å²) < 4.78 is 13.2. The summed E-state index contributed by atoms with van der Waals surface area (Å²) in [5, 5.41) is 6.39. The van der Waals surface area contributed by atoms with Crippen LogP contribution in [0.2, 0.25) is 5.02 Å². The van der Waals surface area contributed by atoms with Crippen molar-refractivity contribution in [3.8, 4) is 0 Å². The van der Waals surface area contributed by atoms with Gasteiger partial charge >= 0.3 is 0 Å². The largest absolute Gasteiger partial charge is 0.352 e. The maximum atomic E-state index is 13.2. The third-order valence-electron chi connectivity index (χ3n) is 5.99. The lowest BCUT2D eigenvalue weighted by Gasteiger charge is -2.36. The summed E-state index contributed by atoms with van der Waals surface area (Å²) in [6, 6.07) is 11.5. The molecule has 1 atom stereocenters. The Hall–Kier alpha value is -2.93. The molecule has 0 unspecified atom stereocenters. The maximum Gasteiger partial charge on any atom is 0.253 e. The predicted molar refractivity (Wildman–Crippen MR) is 119 cm³/mol. The third-order valence-corrected chi connectivity index (χ3v) is 6.24. The highest BCUT2D eigenvalue weighted by Crippen LogP contribution is 2.25. The fourth-order valence-corrected chi connectivity index (χ4v) is 4.08. The molecule has 0 bridgehead atoms. The Morgan fingerprint density at radius 3 is 2.09 bits per heavy atom. The van der Waals surface area contributed by atoms with E-state index in [1.54, 1.807) is 29.2 Å². The van der Waals surface area contributed by atoms with E-state index < -0.39 is 17.8 Å². The molecule has 1 saturated carbocycles. The normalized spacial score (nSPS) is 17.5. The highest BCUT2D eigenvalue weighted by atomic mass is 35.5. The fraction of sp³-hybridized carbons (Fsp3) is 0.375. The molecule has 2 N–H and O–H groups in total. The van der Waals surface area contributed by atoms with Crippen LogP contribution < -0.4 is 10.6 Å². The molecule has 0 radical (unpaired) electrons. The smallest absolute Gasteiger partial charge is 0.253 e. The predicted octanol–water partition coefficient (Wildman–Crippen LogP) is 3.41. The lowest BCUT2D eigenvalue weighted by molar-refractivity contribution is -0.124. The van der Waals surface area contributed by atoms with Crippen molar-refractivity contribution in [1.82, 2.24) is 15.5 Å². The monoisotopic (exact) mass is 457 g/mol. The van der Waals surface area contributed by atoms with Crippen molar-refractivity contribution in [1.29, 1.82) is 0 Å². The number of nitrogens with zero attached hydrogens (tertiary/aromatic N) is 1. The van der Waals surface area contributed by atoms with E-state index in [1.807, 2.05) is 0 Å². The third kappa shape index (κ3) is 5.46. The number of halogens is 2. The van der Waals surface area contributed by atoms with E-state index in [4.69, 9.17) is 11.6 Å². The number of rotatable bonds is 6. The minimum absolute atomic E-state index is 0.0746. The summed E-state index contributed by atoms with van der Waals surface area (Å²) in [6.07, 6.45) is 3.06. The van der Waals surface area contributed by atoms with Gasteiger partial charge in [0.25, 0.3) is 11.8 Å². The van der Waals surface area contributed by atoms with Gasteiger partial charge in [0.1, 0.15) is 11.9 Å². The molecule has 32 heavy (non-hydrogen) atoms. The molecule has 3 amide bonds. The van der Waals surface area contributed by atoms with Crippen LogP contribution in [-0.2, 0) is 4.79 Å². The van der Waals surface area contributed by atoms with Crippen LogP contribution in [0, 0.1) is 11.7 Å². The molecule has 1 aliphatic heterocycles. The second-order valence-electron chi connectivity index (χ2n) is 8.38. The van der Waals surface area contributed by atoms with E-state index in [1.165, 1.54) is 24.3 Å². The van der Waals surface area contributed by atoms with Gasteiger partial charge in [-0.05, 0) is 80.1 Å². The number of benzene rings is 2. The van der Waals surface area contributed by atoms with Gasteiger partial charge in [-0.2, -0.15) is 0 Å². The average molecular weight is 458 g/mol. The van der Waals surface area contributed by atoms with Crippen molar-refractivity contribution in [2.45, 2.75) is 37.8 Å². The second-order valence-corrected chi connectivity index (χ2v) is 8.81. The molecular weight excluding hydrogens is 433 g/mol. The van der Waals surface area contributed by atoms with Gasteiger partial charge in [0.05, 0.1) is 0 Å². The van der Waals surface area contributed by atoms with Gasteiger partial charge in [-0.15, -0.1) is 0 Å². The summed E-state index contributed by atoms with van der Waals surface area (Å²) in [4.78, 5) is 40.1. The van der Waals surface area contributed by atoms with Gasteiger partial charge in [0.15, 0.2) is 0 Å². The zero-order chi connectivity index (χ0) is 22.7. The zero-order valence-corrected chi connectivity index (χ0v) is 18.3. The number of nitrogens with one attached hydrogen (secondary N) is 2. The van der Waals surface area contributed by atoms with E-state index in [0.29, 0.717) is 42.1 Å². The number of hydrogen-bond acceptors (Lipinski definition) is 3. The Kier molecular flexibility index (Phi) is 6.74. The van der Waals surface area contributed by atoms with Crippen LogP contribution in [0.4, 0.5) is 4.39 Å². The minimum atomic E-state index is -0.707. The molecule has 1 saturated heterocycles. The molecule has 0 spiro atoms. The Morgan fingerprint density at radius 2 is 1.50 bits per heavy atom. The molecule has 2 aliphatic rings. The first-order valence-electron chi connectivity index (χ1n) is 10.8. The van der Waals surface area contributed by atoms with Crippen LogP contribution in [-0.4, -0.2) is 47.8 Å². The maximum absolute atomic E-state index is 13.2. The lowest BCUT2D eigenvalue weighted by Crippen LogP contribution is -2.54. The second kappa shape index (κ2) is 9.69. The van der Waals surface area contributed by atoms with Gasteiger partial charge in [0.2, 0.25) is 5.91 Å². The first-order chi connectivity index (χ1) is 15.4. The van der Waals surface area contributed by atoms with E-state index >= 15 is 0 Å². The van der Waals surface area contributed by atoms with Crippen molar-refractivity contribution >= 4 is 29.3 Å². The SMILES string of the molecule is O=C(N[C@H](C(=O)NC1CC1)C1CCN(C(=O)c2ccc(Cl)cc2)CC1)c1ccc(F)cc1. The number of likely N-dealkylation sites (tertiary alicyclic amines) is 1. The Bertz CT molecular complexity index is 985. The molecule has 1 heterocycles. The molecule has 168 valence electrons. The number of carbonyl (C=O) groups is 3. The van der Waals surface area contributed by atoms with Crippen molar-refractivity contribution < 1.29 is 18.8 Å². The van der Waals surface area contributed by atoms with Gasteiger partial charge < -0.3 is 15.5 Å². The van der Waals surface area contributed by atoms with Crippen LogP contribution in [0.1, 0.15) is 46.4 Å². The molecule has 1 aliphatic carbocycles. The standard InChI is InChI=1S/C24H25ClFN3O3/c25-18-5-1-17(2-6-18)24(32)29-13-11-15(12-14-29)21(23(31)27-20-9-10-20)28-22(30)16-3-7-19(26)8-4-16/h1-8,15,20-21H,9-14H2,(H,27,31)(H,28,30)/t21-/m0/s1. The summed E-state index contributed by atoms with van der Waals surface area (Å²) in [7, 11) is 0. The molecule has 2 aromatic carbocycles. The molecule has 2 aromatic rings. The van der Waals surface area contributed by atoms with E-state index in [2.05, 4.69) is 10.6 Å². The van der Waals surface area contributed by atoms with Crippen LogP contribution in [0.15, 0.2) is 48.5 Å². The first-order valence-corrected chi connectivity index (χ1v) is 11.2. The van der Waals surface area contributed by atoms with Crippen LogP contribution in [0.5, 0.6) is 0 Å². The Morgan fingerprint density at radius 1 is 0.906 bits per heavy atom. The number of carbonyl (C=O) groups excluding carboxylic acids is 3. The topological polar surface area (TPSA) is 78.5 Å². The number of amides is 3. The minimum Gasteiger partial charge on any atom is -0.352 e. The molecule has 4 rings (SSSR count). The van der Waals surface area contributed by atoms with Crippen molar-refractivity contribution in [3.63, 3.8) is 0 Å². The van der Waals surface area contributed by atoms with Crippen molar-refractivity contribution in [2.75, 3.05) is 13.1 Å². The van der Waals surface area contributed by atoms with Crippen LogP contribution >= 0.6 is 11.6 Å². The summed E-state index contributed by atoms with van der Waals surface area (Å²) >= 11 is 5.90.